The first-order chi connectivity index (χ1) is 14.2. The number of rotatable bonds is 4. The van der Waals surface area contributed by atoms with E-state index < -0.39 is 0 Å². The lowest BCUT2D eigenvalue weighted by atomic mass is 9.51. The molecular weight excluding hydrogens is 366 g/mol. The standard InChI is InChI=1S/C24H25NO4/c1-3-8-25-9-7-24-17-4-5-19(26)23(24)29-22-20(27-2)12-15(14-6-10-28-13-14)16(21(22)24)11-18(17)25/h3,6,10,12-13,17-18,23H,1,4-5,7-9,11H2,2H3/t17-,18?,23-,24-/m1/s1. The Balaban J connectivity index is 1.65. The molecule has 2 fully saturated rings. The molecule has 0 N–H and O–H groups in total. The Morgan fingerprint density at radius 2 is 2.34 bits per heavy atom. The third-order valence-corrected chi connectivity index (χ3v) is 7.75. The molecule has 0 amide bonds. The molecule has 1 aromatic carbocycles. The predicted octanol–water partition coefficient (Wildman–Crippen LogP) is 3.75. The molecule has 2 aliphatic heterocycles. The Labute approximate surface area is 170 Å². The zero-order valence-corrected chi connectivity index (χ0v) is 16.6. The highest BCUT2D eigenvalue weighted by molar-refractivity contribution is 5.90. The van der Waals surface area contributed by atoms with Gasteiger partial charge in [0.2, 0.25) is 0 Å². The van der Waals surface area contributed by atoms with Gasteiger partial charge in [-0.2, -0.15) is 0 Å². The van der Waals surface area contributed by atoms with E-state index in [0.717, 1.165) is 55.0 Å². The molecule has 2 bridgehead atoms. The number of methoxy groups -OCH3 is 1. The van der Waals surface area contributed by atoms with Gasteiger partial charge in [0.25, 0.3) is 0 Å². The Kier molecular flexibility index (Phi) is 3.58. The fourth-order valence-electron chi connectivity index (χ4n) is 6.70. The van der Waals surface area contributed by atoms with E-state index in [1.807, 2.05) is 12.1 Å². The molecule has 4 aliphatic rings. The van der Waals surface area contributed by atoms with Crippen LogP contribution in [0.2, 0.25) is 0 Å². The van der Waals surface area contributed by atoms with Gasteiger partial charge in [-0.1, -0.05) is 6.08 Å². The number of carbonyl (C=O) groups is 1. The first kappa shape index (κ1) is 17.3. The second kappa shape index (κ2) is 5.99. The molecule has 1 saturated heterocycles. The van der Waals surface area contributed by atoms with Gasteiger partial charge in [-0.15, -0.1) is 6.58 Å². The van der Waals surface area contributed by atoms with Gasteiger partial charge in [0.15, 0.2) is 23.4 Å². The molecule has 2 aromatic rings. The Bertz CT molecular complexity index is 1010. The first-order valence-electron chi connectivity index (χ1n) is 10.5. The van der Waals surface area contributed by atoms with Crippen molar-refractivity contribution in [3.63, 3.8) is 0 Å². The van der Waals surface area contributed by atoms with E-state index in [0.29, 0.717) is 18.4 Å². The molecule has 1 aromatic heterocycles. The van der Waals surface area contributed by atoms with Gasteiger partial charge in [-0.3, -0.25) is 9.69 Å². The molecule has 4 atom stereocenters. The summed E-state index contributed by atoms with van der Waals surface area (Å²) in [7, 11) is 1.68. The van der Waals surface area contributed by atoms with Crippen LogP contribution < -0.4 is 9.47 Å². The highest BCUT2D eigenvalue weighted by Crippen LogP contribution is 2.64. The number of carbonyl (C=O) groups excluding carboxylic acids is 1. The maximum absolute atomic E-state index is 13.0. The Morgan fingerprint density at radius 3 is 3.10 bits per heavy atom. The summed E-state index contributed by atoms with van der Waals surface area (Å²) in [6, 6.07) is 4.46. The predicted molar refractivity (Wildman–Crippen MR) is 108 cm³/mol. The lowest BCUT2D eigenvalue weighted by Gasteiger charge is -2.57. The van der Waals surface area contributed by atoms with Gasteiger partial charge >= 0.3 is 0 Å². The second-order valence-corrected chi connectivity index (χ2v) is 8.78. The first-order valence-corrected chi connectivity index (χ1v) is 10.5. The van der Waals surface area contributed by atoms with Crippen molar-refractivity contribution in [2.24, 2.45) is 5.92 Å². The van der Waals surface area contributed by atoms with Crippen LogP contribution in [0.25, 0.3) is 11.1 Å². The van der Waals surface area contributed by atoms with Crippen molar-refractivity contribution in [1.29, 1.82) is 0 Å². The Hall–Kier alpha value is -2.53. The normalized spacial score (nSPS) is 31.9. The van der Waals surface area contributed by atoms with Crippen LogP contribution in [0, 0.1) is 5.92 Å². The number of benzene rings is 1. The molecule has 5 nitrogen and oxygen atoms in total. The number of hydrogen-bond donors (Lipinski definition) is 0. The summed E-state index contributed by atoms with van der Waals surface area (Å²) in [6.07, 6.45) is 8.56. The largest absolute Gasteiger partial charge is 0.493 e. The molecule has 1 spiro atoms. The van der Waals surface area contributed by atoms with E-state index in [1.54, 1.807) is 19.6 Å². The van der Waals surface area contributed by atoms with Crippen LogP contribution >= 0.6 is 0 Å². The van der Waals surface area contributed by atoms with Crippen molar-refractivity contribution >= 4 is 5.78 Å². The van der Waals surface area contributed by atoms with Crippen LogP contribution in [-0.2, 0) is 16.6 Å². The minimum absolute atomic E-state index is 0.229. The number of hydrogen-bond acceptors (Lipinski definition) is 5. The van der Waals surface area contributed by atoms with Crippen molar-refractivity contribution in [1.82, 2.24) is 4.90 Å². The molecule has 150 valence electrons. The molecule has 2 aliphatic carbocycles. The van der Waals surface area contributed by atoms with E-state index in [9.17, 15) is 4.79 Å². The van der Waals surface area contributed by atoms with E-state index in [2.05, 4.69) is 17.5 Å². The lowest BCUT2D eigenvalue weighted by Crippen LogP contribution is -2.66. The smallest absolute Gasteiger partial charge is 0.174 e. The fraction of sp³-hybridized carbons (Fsp3) is 0.458. The molecular formula is C24H25NO4. The summed E-state index contributed by atoms with van der Waals surface area (Å²) >= 11 is 0. The quantitative estimate of drug-likeness (QED) is 0.743. The maximum atomic E-state index is 13.0. The van der Waals surface area contributed by atoms with E-state index in [-0.39, 0.29) is 17.3 Å². The van der Waals surface area contributed by atoms with Crippen LogP contribution in [0.5, 0.6) is 11.5 Å². The summed E-state index contributed by atoms with van der Waals surface area (Å²) in [5.41, 5.74) is 4.50. The van der Waals surface area contributed by atoms with Gasteiger partial charge in [0.05, 0.1) is 19.6 Å². The zero-order chi connectivity index (χ0) is 19.8. The number of nitrogens with zero attached hydrogens (tertiary/aromatic N) is 1. The zero-order valence-electron chi connectivity index (χ0n) is 16.6. The summed E-state index contributed by atoms with van der Waals surface area (Å²) < 4.78 is 17.6. The lowest BCUT2D eigenvalue weighted by molar-refractivity contribution is -0.138. The number of furan rings is 1. The molecule has 1 saturated carbocycles. The van der Waals surface area contributed by atoms with Crippen LogP contribution in [0.4, 0.5) is 0 Å². The number of Topliss-reactive ketones (excluding diaryl/α,β-unsaturated/α-hetero) is 1. The molecule has 29 heavy (non-hydrogen) atoms. The van der Waals surface area contributed by atoms with E-state index >= 15 is 0 Å². The second-order valence-electron chi connectivity index (χ2n) is 8.78. The number of ketones is 1. The summed E-state index contributed by atoms with van der Waals surface area (Å²) in [4.78, 5) is 15.6. The van der Waals surface area contributed by atoms with E-state index in [4.69, 9.17) is 13.9 Å². The minimum Gasteiger partial charge on any atom is -0.493 e. The average Bonchev–Trinajstić information content (AvgIpc) is 3.37. The van der Waals surface area contributed by atoms with Crippen molar-refractivity contribution in [2.75, 3.05) is 20.2 Å². The van der Waals surface area contributed by atoms with Crippen molar-refractivity contribution in [2.45, 2.75) is 43.2 Å². The molecule has 3 heterocycles. The highest BCUT2D eigenvalue weighted by Gasteiger charge is 2.66. The monoisotopic (exact) mass is 391 g/mol. The number of ether oxygens (including phenoxy) is 2. The van der Waals surface area contributed by atoms with Gasteiger partial charge in [0, 0.05) is 35.5 Å². The minimum atomic E-state index is -0.378. The third kappa shape index (κ3) is 2.06. The van der Waals surface area contributed by atoms with Gasteiger partial charge in [-0.25, -0.2) is 0 Å². The van der Waals surface area contributed by atoms with Gasteiger partial charge in [-0.05, 0) is 55.0 Å². The van der Waals surface area contributed by atoms with Gasteiger partial charge in [0.1, 0.15) is 0 Å². The number of piperidine rings is 1. The van der Waals surface area contributed by atoms with Gasteiger partial charge < -0.3 is 13.9 Å². The summed E-state index contributed by atoms with van der Waals surface area (Å²) in [6.45, 7) is 5.83. The highest BCUT2D eigenvalue weighted by atomic mass is 16.5. The molecule has 5 heteroatoms. The third-order valence-electron chi connectivity index (χ3n) is 7.75. The molecule has 1 unspecified atom stereocenters. The van der Waals surface area contributed by atoms with Crippen molar-refractivity contribution in [3.05, 3.63) is 48.4 Å². The maximum Gasteiger partial charge on any atom is 0.174 e. The average molecular weight is 391 g/mol. The molecule has 0 radical (unpaired) electrons. The number of likely N-dealkylation sites (tertiary alicyclic amines) is 1. The SMILES string of the molecule is C=CCN1CC[C@@]23c4c5c(-c6ccoc6)cc(OC)c4O[C@@H]2C(=O)CC[C@@H]3C1C5. The topological polar surface area (TPSA) is 51.9 Å². The summed E-state index contributed by atoms with van der Waals surface area (Å²) in [5, 5.41) is 0. The van der Waals surface area contributed by atoms with Crippen molar-refractivity contribution in [3.8, 4) is 22.6 Å². The Morgan fingerprint density at radius 1 is 1.45 bits per heavy atom. The fourth-order valence-corrected chi connectivity index (χ4v) is 6.70. The molecule has 6 rings (SSSR count). The van der Waals surface area contributed by atoms with Crippen molar-refractivity contribution < 1.29 is 18.7 Å². The van der Waals surface area contributed by atoms with Crippen LogP contribution in [0.15, 0.2) is 41.7 Å². The van der Waals surface area contributed by atoms with Crippen LogP contribution in [-0.4, -0.2) is 43.0 Å². The van der Waals surface area contributed by atoms with Crippen LogP contribution in [0.3, 0.4) is 0 Å². The van der Waals surface area contributed by atoms with Crippen LogP contribution in [0.1, 0.15) is 30.4 Å². The van der Waals surface area contributed by atoms with E-state index in [1.165, 1.54) is 11.1 Å². The summed E-state index contributed by atoms with van der Waals surface area (Å²) in [5.74, 6) is 2.20.